The fourth-order valence-corrected chi connectivity index (χ4v) is 12.7. The summed E-state index contributed by atoms with van der Waals surface area (Å²) in [7, 11) is 0. The molecule has 0 bridgehead atoms. The molecule has 14 rings (SSSR count). The average molecular weight is 849 g/mol. The molecule has 0 saturated carbocycles. The molecule has 0 amide bonds. The zero-order chi connectivity index (χ0) is 44.8. The largest absolute Gasteiger partial charge is 0.456 e. The lowest BCUT2D eigenvalue weighted by atomic mass is 9.43. The fourth-order valence-electron chi connectivity index (χ4n) is 12.7. The van der Waals surface area contributed by atoms with E-state index >= 15 is 0 Å². The van der Waals surface area contributed by atoms with Crippen molar-refractivity contribution < 1.29 is 4.74 Å². The third-order valence-electron chi connectivity index (χ3n) is 16.1. The van der Waals surface area contributed by atoms with Gasteiger partial charge in [0.05, 0.1) is 11.0 Å². The van der Waals surface area contributed by atoms with E-state index in [2.05, 4.69) is 216 Å². The van der Waals surface area contributed by atoms with Gasteiger partial charge >= 0.3 is 6.85 Å². The summed E-state index contributed by atoms with van der Waals surface area (Å²) < 4.78 is 9.57. The molecule has 8 aromatic carbocycles. The third-order valence-corrected chi connectivity index (χ3v) is 16.1. The van der Waals surface area contributed by atoms with Crippen LogP contribution < -0.4 is 20.5 Å². The van der Waals surface area contributed by atoms with Crippen LogP contribution in [0.2, 0.25) is 0 Å². The molecule has 9 aromatic rings. The maximum atomic E-state index is 6.97. The molecule has 4 heteroatoms. The number of anilines is 2. The van der Waals surface area contributed by atoms with Gasteiger partial charge < -0.3 is 14.1 Å². The molecule has 5 aliphatic rings. The number of allylic oxidation sites excluding steroid dienone is 2. The minimum absolute atomic E-state index is 0.0203. The second-order valence-electron chi connectivity index (χ2n) is 21.4. The van der Waals surface area contributed by atoms with Gasteiger partial charge in [0.25, 0.3) is 0 Å². The molecule has 3 nitrogen and oxygen atoms in total. The van der Waals surface area contributed by atoms with Gasteiger partial charge in [0.15, 0.2) is 0 Å². The van der Waals surface area contributed by atoms with Crippen LogP contribution in [0.4, 0.5) is 11.4 Å². The predicted molar refractivity (Wildman–Crippen MR) is 278 cm³/mol. The maximum absolute atomic E-state index is 6.97. The van der Waals surface area contributed by atoms with E-state index in [4.69, 9.17) is 11.3 Å². The Morgan fingerprint density at radius 1 is 0.545 bits per heavy atom. The molecule has 0 unspecified atom stereocenters. The van der Waals surface area contributed by atoms with Gasteiger partial charge in [-0.15, -0.1) is 0 Å². The zero-order valence-electron chi connectivity index (χ0n) is 38.6. The van der Waals surface area contributed by atoms with Crippen molar-refractivity contribution in [2.45, 2.75) is 64.7 Å². The van der Waals surface area contributed by atoms with Crippen LogP contribution in [0.15, 0.2) is 164 Å². The standard InChI is InChI=1S/C62H49BN2O/c1-35-28-56(36-16-10-9-11-17-36)66-57-34-55-52(31-43(35)57)63-58-41(26-27-42-46-29-44-39-18-12-14-20-48(39)62(7,8)51(44)33-53(46)64(55)59(42)58)47-30-50-45(40-19-13-15-21-49(40)61(50,5)6)32-54(47)65(63)38-24-22-37(23-25-38)60(2,3)4/h9-34H,1H2,2-8H3. The first kappa shape index (κ1) is 38.0. The van der Waals surface area contributed by atoms with Crippen molar-refractivity contribution in [3.63, 3.8) is 0 Å². The summed E-state index contributed by atoms with van der Waals surface area (Å²) in [5, 5.41) is 2.55. The summed E-state index contributed by atoms with van der Waals surface area (Å²) in [5.74, 6) is 1.65. The molecule has 316 valence electrons. The van der Waals surface area contributed by atoms with Gasteiger partial charge in [-0.05, 0) is 120 Å². The second-order valence-corrected chi connectivity index (χ2v) is 21.4. The van der Waals surface area contributed by atoms with Crippen molar-refractivity contribution in [2.24, 2.45) is 0 Å². The fraction of sp³-hybridized carbons (Fsp3) is 0.161. The van der Waals surface area contributed by atoms with Crippen LogP contribution in [0.25, 0.3) is 72.2 Å². The van der Waals surface area contributed by atoms with Gasteiger partial charge in [-0.2, -0.15) is 0 Å². The van der Waals surface area contributed by atoms with E-state index in [0.29, 0.717) is 0 Å². The van der Waals surface area contributed by atoms with E-state index in [9.17, 15) is 0 Å². The van der Waals surface area contributed by atoms with Crippen LogP contribution in [0.3, 0.4) is 0 Å². The molecule has 0 fully saturated rings. The lowest BCUT2D eigenvalue weighted by Gasteiger charge is -2.43. The van der Waals surface area contributed by atoms with E-state index in [1.807, 2.05) is 0 Å². The molecule has 3 aliphatic heterocycles. The highest BCUT2D eigenvalue weighted by Crippen LogP contribution is 2.56. The highest BCUT2D eigenvalue weighted by molar-refractivity contribution is 6.93. The van der Waals surface area contributed by atoms with Crippen LogP contribution in [-0.4, -0.2) is 11.4 Å². The average Bonchev–Trinajstić information content (AvgIpc) is 3.86. The molecule has 0 atom stereocenters. The molecular weight excluding hydrogens is 800 g/mol. The topological polar surface area (TPSA) is 17.4 Å². The highest BCUT2D eigenvalue weighted by atomic mass is 16.5. The smallest absolute Gasteiger partial charge is 0.333 e. The Morgan fingerprint density at radius 2 is 1.20 bits per heavy atom. The minimum atomic E-state index is -0.151. The van der Waals surface area contributed by atoms with Crippen molar-refractivity contribution in [2.75, 3.05) is 4.81 Å². The summed E-state index contributed by atoms with van der Waals surface area (Å²) >= 11 is 0. The van der Waals surface area contributed by atoms with Gasteiger partial charge in [-0.1, -0.05) is 164 Å². The Morgan fingerprint density at radius 3 is 1.89 bits per heavy atom. The Balaban J connectivity index is 1.11. The quantitative estimate of drug-likeness (QED) is 0.161. The molecule has 2 aliphatic carbocycles. The van der Waals surface area contributed by atoms with E-state index in [1.54, 1.807) is 0 Å². The number of hydrogen-bond donors (Lipinski definition) is 0. The van der Waals surface area contributed by atoms with E-state index in [-0.39, 0.29) is 23.1 Å². The molecule has 0 radical (unpaired) electrons. The van der Waals surface area contributed by atoms with E-state index < -0.39 is 0 Å². The van der Waals surface area contributed by atoms with E-state index in [1.165, 1.54) is 105 Å². The van der Waals surface area contributed by atoms with Crippen LogP contribution in [0, 0.1) is 0 Å². The Kier molecular flexibility index (Phi) is 7.22. The molecule has 0 spiro atoms. The number of aromatic nitrogens is 1. The lowest BCUT2D eigenvalue weighted by molar-refractivity contribution is 0.509. The van der Waals surface area contributed by atoms with Gasteiger partial charge in [0, 0.05) is 61.4 Å². The number of hydrogen-bond acceptors (Lipinski definition) is 2. The summed E-state index contributed by atoms with van der Waals surface area (Å²) in [4.78, 5) is 2.67. The predicted octanol–water partition coefficient (Wildman–Crippen LogP) is 14.4. The number of ether oxygens (including phenoxy) is 1. The van der Waals surface area contributed by atoms with Gasteiger partial charge in [0.1, 0.15) is 11.5 Å². The summed E-state index contributed by atoms with van der Waals surface area (Å²) in [6.07, 6.45) is 2.11. The Bertz CT molecular complexity index is 3730. The molecule has 1 aromatic heterocycles. The highest BCUT2D eigenvalue weighted by Gasteiger charge is 2.47. The van der Waals surface area contributed by atoms with Crippen molar-refractivity contribution >= 4 is 62.3 Å². The second kappa shape index (κ2) is 12.5. The van der Waals surface area contributed by atoms with Crippen molar-refractivity contribution in [1.82, 2.24) is 4.57 Å². The number of fused-ring (bicyclic) bond motifs is 15. The van der Waals surface area contributed by atoms with Crippen LogP contribution >= 0.6 is 0 Å². The van der Waals surface area contributed by atoms with Crippen LogP contribution in [0.1, 0.15) is 87.4 Å². The number of nitrogens with zero attached hydrogens (tertiary/aromatic N) is 2. The Hall–Kier alpha value is -7.30. The first-order valence-electron chi connectivity index (χ1n) is 23.6. The number of rotatable bonds is 2. The maximum Gasteiger partial charge on any atom is 0.333 e. The number of benzene rings is 8. The first-order valence-corrected chi connectivity index (χ1v) is 23.6. The van der Waals surface area contributed by atoms with Gasteiger partial charge in [0.2, 0.25) is 0 Å². The Labute approximate surface area is 387 Å². The monoisotopic (exact) mass is 848 g/mol. The minimum Gasteiger partial charge on any atom is -0.456 e. The van der Waals surface area contributed by atoms with Gasteiger partial charge in [-0.25, -0.2) is 0 Å². The lowest BCUT2D eigenvalue weighted by Crippen LogP contribution is -2.60. The van der Waals surface area contributed by atoms with Crippen LogP contribution in [0.5, 0.6) is 5.75 Å². The molecular formula is C62H49BN2O. The zero-order valence-corrected chi connectivity index (χ0v) is 38.6. The van der Waals surface area contributed by atoms with Crippen molar-refractivity contribution in [1.29, 1.82) is 0 Å². The SMILES string of the molecule is C=C1C=C(c2ccccc2)Oc2cc3c(cc21)B1c2c(ccc4c5cc6c(cc5n-3c24)C(C)(C)c2ccccc2-6)-c2cc3c(cc2N1c1ccc(C(C)(C)C)cc1)-c1ccccc1C3(C)C. The first-order chi connectivity index (χ1) is 31.8. The third kappa shape index (κ3) is 4.79. The summed E-state index contributed by atoms with van der Waals surface area (Å²) in [6, 6.07) is 57.6. The summed E-state index contributed by atoms with van der Waals surface area (Å²) in [6.45, 7) is 21.0. The molecule has 0 saturated heterocycles. The van der Waals surface area contributed by atoms with Crippen molar-refractivity contribution in [3.05, 3.63) is 203 Å². The van der Waals surface area contributed by atoms with E-state index in [0.717, 1.165) is 33.9 Å². The molecule has 66 heavy (non-hydrogen) atoms. The summed E-state index contributed by atoms with van der Waals surface area (Å²) in [5.41, 5.74) is 26.1. The van der Waals surface area contributed by atoms with Crippen LogP contribution in [-0.2, 0) is 16.2 Å². The molecule has 4 heterocycles. The molecule has 0 N–H and O–H groups in total. The van der Waals surface area contributed by atoms with Crippen molar-refractivity contribution in [3.8, 4) is 44.8 Å². The van der Waals surface area contributed by atoms with Gasteiger partial charge in [-0.3, -0.25) is 0 Å². The normalized spacial score (nSPS) is 16.2.